The zero-order valence-electron chi connectivity index (χ0n) is 14.3. The van der Waals surface area contributed by atoms with Crippen LogP contribution in [0.15, 0.2) is 30.9 Å². The van der Waals surface area contributed by atoms with Crippen molar-refractivity contribution in [3.8, 4) is 0 Å². The van der Waals surface area contributed by atoms with Gasteiger partial charge in [0.15, 0.2) is 25.8 Å². The Balaban J connectivity index is 0.000000525. The number of sulfonamides is 2. The van der Waals surface area contributed by atoms with Gasteiger partial charge in [0.2, 0.25) is 6.33 Å². The van der Waals surface area contributed by atoms with Crippen LogP contribution in [0, 0.1) is 0 Å². The van der Waals surface area contributed by atoms with E-state index >= 15 is 0 Å². The Morgan fingerprint density at radius 2 is 1.50 bits per heavy atom. The monoisotopic (exact) mass is 459 g/mol. The van der Waals surface area contributed by atoms with Gasteiger partial charge in [0, 0.05) is 6.42 Å². The van der Waals surface area contributed by atoms with Crippen LogP contribution in [0.1, 0.15) is 13.3 Å². The van der Waals surface area contributed by atoms with Crippen molar-refractivity contribution in [1.82, 2.24) is 4.57 Å². The minimum Gasteiger partial charge on any atom is -0.421 e. The molecule has 0 aliphatic carbocycles. The van der Waals surface area contributed by atoms with Crippen LogP contribution in [0.3, 0.4) is 0 Å². The van der Waals surface area contributed by atoms with Crippen molar-refractivity contribution in [2.45, 2.75) is 30.9 Å². The molecule has 1 aromatic rings. The minimum atomic E-state index is -6.72. The first-order chi connectivity index (χ1) is 12.3. The number of carbonyl (C=O) groups excluding carboxylic acids is 1. The molecule has 1 aromatic heterocycles. The van der Waals surface area contributed by atoms with E-state index < -0.39 is 31.1 Å². The van der Waals surface area contributed by atoms with Crippen molar-refractivity contribution in [2.75, 3.05) is 0 Å². The highest BCUT2D eigenvalue weighted by atomic mass is 32.3. The van der Waals surface area contributed by atoms with E-state index in [0.29, 0.717) is 12.0 Å². The lowest BCUT2D eigenvalue weighted by atomic mass is 10.2. The Morgan fingerprint density at radius 3 is 1.79 bits per heavy atom. The normalized spacial score (nSPS) is 12.9. The first-order valence-electron chi connectivity index (χ1n) is 6.86. The summed E-state index contributed by atoms with van der Waals surface area (Å²) < 4.78 is 113. The fourth-order valence-electron chi connectivity index (χ4n) is 1.29. The summed E-state index contributed by atoms with van der Waals surface area (Å²) in [5.41, 5.74) is -11.8. The van der Waals surface area contributed by atoms with Crippen molar-refractivity contribution in [3.63, 3.8) is 0 Å². The molecule has 0 aromatic carbocycles. The molecule has 0 fully saturated rings. The lowest BCUT2D eigenvalue weighted by Gasteiger charge is -2.22. The SMILES string of the molecule is C=C(C)C(=O)CCn1cc[n+](C)c1.O=S(=O)([N-]S(=O)(=O)C(F)(F)F)C(F)(F)F. The maximum Gasteiger partial charge on any atom is 0.480 e. The van der Waals surface area contributed by atoms with Crippen molar-refractivity contribution >= 4 is 25.8 Å². The van der Waals surface area contributed by atoms with Crippen LogP contribution < -0.4 is 4.57 Å². The maximum atomic E-state index is 11.4. The number of rotatable bonds is 6. The molecule has 0 aliphatic rings. The summed E-state index contributed by atoms with van der Waals surface area (Å²) in [6, 6.07) is 0. The molecule has 1 rings (SSSR count). The number of halogens is 6. The standard InChI is InChI=1S/C10H15N2O.C2F6NO4S2/c1-9(2)10(13)4-5-12-7-6-11(3)8-12;3-1(4,5)14(10,11)9-15(12,13)2(6,7)8/h6-8H,1,4-5H2,2-3H3;/q+1;-1. The fourth-order valence-corrected chi connectivity index (χ4v) is 3.00. The number of hydrogen-bond donors (Lipinski definition) is 0. The number of imidazole rings is 1. The van der Waals surface area contributed by atoms with Crippen LogP contribution in [-0.2, 0) is 38.4 Å². The van der Waals surface area contributed by atoms with Gasteiger partial charge >= 0.3 is 11.0 Å². The van der Waals surface area contributed by atoms with Gasteiger partial charge in [0.1, 0.15) is 12.4 Å². The number of nitrogens with zero attached hydrogens (tertiary/aromatic N) is 3. The summed E-state index contributed by atoms with van der Waals surface area (Å²) >= 11 is 0. The van der Waals surface area contributed by atoms with Gasteiger partial charge in [-0.2, -0.15) is 26.3 Å². The Morgan fingerprint density at radius 1 is 1.07 bits per heavy atom. The van der Waals surface area contributed by atoms with Gasteiger partial charge in [-0.15, -0.1) is 0 Å². The Bertz CT molecular complexity index is 874. The van der Waals surface area contributed by atoms with Gasteiger partial charge < -0.3 is 4.13 Å². The molecule has 0 unspecified atom stereocenters. The zero-order chi connectivity index (χ0) is 22.6. The molecule has 1 heterocycles. The summed E-state index contributed by atoms with van der Waals surface area (Å²) in [4.78, 5) is 11.2. The summed E-state index contributed by atoms with van der Waals surface area (Å²) in [6.07, 6.45) is 6.38. The molecular weight excluding hydrogens is 444 g/mol. The predicted octanol–water partition coefficient (Wildman–Crippen LogP) is 1.91. The number of allylic oxidation sites excluding steroid dienone is 1. The van der Waals surface area contributed by atoms with E-state index in [1.807, 2.05) is 34.9 Å². The summed E-state index contributed by atoms with van der Waals surface area (Å²) in [7, 11) is -11.5. The number of alkyl halides is 6. The lowest BCUT2D eigenvalue weighted by Crippen LogP contribution is -2.30. The summed E-state index contributed by atoms with van der Waals surface area (Å²) in [6.45, 7) is 6.09. The Labute approximate surface area is 156 Å². The molecule has 0 saturated carbocycles. The zero-order valence-corrected chi connectivity index (χ0v) is 16.0. The van der Waals surface area contributed by atoms with Gasteiger partial charge in [-0.3, -0.25) is 4.79 Å². The second kappa shape index (κ2) is 9.04. The molecule has 0 bridgehead atoms. The molecule has 0 radical (unpaired) electrons. The molecule has 0 amide bonds. The Kier molecular flexibility index (Phi) is 8.41. The van der Waals surface area contributed by atoms with Crippen molar-refractivity contribution < 1.29 is 52.5 Å². The largest absolute Gasteiger partial charge is 0.480 e. The second-order valence-electron chi connectivity index (χ2n) is 5.19. The average molecular weight is 459 g/mol. The topological polar surface area (TPSA) is 108 Å². The minimum absolute atomic E-state index is 0.136. The third-order valence-corrected chi connectivity index (χ3v) is 5.42. The number of aryl methyl sites for hydroxylation is 2. The number of carbonyl (C=O) groups is 1. The summed E-state index contributed by atoms with van der Waals surface area (Å²) in [5.74, 6) is 0.136. The first kappa shape index (κ1) is 26.1. The van der Waals surface area contributed by atoms with Crippen LogP contribution in [0.25, 0.3) is 4.13 Å². The van der Waals surface area contributed by atoms with Crippen LogP contribution in [0.2, 0.25) is 0 Å². The predicted molar refractivity (Wildman–Crippen MR) is 83.4 cm³/mol. The highest BCUT2D eigenvalue weighted by molar-refractivity contribution is 8.13. The molecule has 0 N–H and O–H groups in total. The number of aromatic nitrogens is 2. The second-order valence-corrected chi connectivity index (χ2v) is 8.61. The van der Waals surface area contributed by atoms with Gasteiger partial charge in [-0.05, 0) is 12.5 Å². The van der Waals surface area contributed by atoms with E-state index in [2.05, 4.69) is 6.58 Å². The van der Waals surface area contributed by atoms with Crippen molar-refractivity contribution in [2.24, 2.45) is 7.05 Å². The molecule has 0 atom stereocenters. The maximum absolute atomic E-state index is 11.4. The highest BCUT2D eigenvalue weighted by Crippen LogP contribution is 2.36. The van der Waals surface area contributed by atoms with Crippen molar-refractivity contribution in [1.29, 1.82) is 0 Å². The van der Waals surface area contributed by atoms with Crippen LogP contribution in [0.5, 0.6) is 0 Å². The molecule has 0 spiro atoms. The number of hydrogen-bond acceptors (Lipinski definition) is 5. The van der Waals surface area contributed by atoms with Gasteiger partial charge in [0.05, 0.1) is 13.6 Å². The third-order valence-electron chi connectivity index (χ3n) is 2.68. The molecule has 0 saturated heterocycles. The fraction of sp³-hybridized carbons (Fsp3) is 0.500. The number of ketones is 1. The van der Waals surface area contributed by atoms with E-state index in [0.717, 1.165) is 10.7 Å². The number of Topliss-reactive ketones (excluding diaryl/α,β-unsaturated/α-hetero) is 1. The quantitative estimate of drug-likeness (QED) is 0.367. The van der Waals surface area contributed by atoms with E-state index in [1.165, 1.54) is 0 Å². The summed E-state index contributed by atoms with van der Waals surface area (Å²) in [5, 5.41) is 0. The third kappa shape index (κ3) is 7.97. The average Bonchev–Trinajstić information content (AvgIpc) is 2.87. The van der Waals surface area contributed by atoms with Gasteiger partial charge in [0.25, 0.3) is 0 Å². The Hall–Kier alpha value is -1.94. The molecule has 0 aliphatic heterocycles. The molecule has 16 heteroatoms. The molecule has 162 valence electrons. The highest BCUT2D eigenvalue weighted by Gasteiger charge is 2.46. The van der Waals surface area contributed by atoms with Crippen molar-refractivity contribution in [3.05, 3.63) is 35.0 Å². The first-order valence-corrected chi connectivity index (χ1v) is 9.74. The molecular formula is C12H15F6N3O5S2. The lowest BCUT2D eigenvalue weighted by molar-refractivity contribution is -0.671. The van der Waals surface area contributed by atoms with Gasteiger partial charge in [-0.25, -0.2) is 26.0 Å². The van der Waals surface area contributed by atoms with Crippen LogP contribution in [-0.4, -0.2) is 38.2 Å². The molecule has 8 nitrogen and oxygen atoms in total. The molecule has 28 heavy (non-hydrogen) atoms. The smallest absolute Gasteiger partial charge is 0.421 e. The van der Waals surface area contributed by atoms with Gasteiger partial charge in [-0.1, -0.05) is 6.58 Å². The van der Waals surface area contributed by atoms with E-state index in [-0.39, 0.29) is 5.78 Å². The van der Waals surface area contributed by atoms with E-state index in [9.17, 15) is 48.0 Å². The van der Waals surface area contributed by atoms with E-state index in [4.69, 9.17) is 0 Å². The van der Waals surface area contributed by atoms with Crippen LogP contribution in [0.4, 0.5) is 26.3 Å². The van der Waals surface area contributed by atoms with Crippen LogP contribution >= 0.6 is 0 Å². The van der Waals surface area contributed by atoms with E-state index in [1.54, 1.807) is 6.92 Å².